The van der Waals surface area contributed by atoms with Gasteiger partial charge in [-0.1, -0.05) is 6.07 Å². The van der Waals surface area contributed by atoms with Crippen LogP contribution in [0.25, 0.3) is 5.65 Å². The topological polar surface area (TPSA) is 83.7 Å². The first kappa shape index (κ1) is 15.5. The Labute approximate surface area is 126 Å². The maximum atomic E-state index is 12.2. The molecule has 0 saturated heterocycles. The smallest absolute Gasteiger partial charge is 0.270 e. The van der Waals surface area contributed by atoms with Crippen LogP contribution in [0.4, 0.5) is 0 Å². The number of carbonyl (C=O) groups is 1. The molecule has 2 rings (SSSR count). The van der Waals surface area contributed by atoms with Crippen molar-refractivity contribution in [2.24, 2.45) is 0 Å². The maximum absolute atomic E-state index is 12.2. The third-order valence-corrected chi connectivity index (χ3v) is 3.91. The van der Waals surface area contributed by atoms with Gasteiger partial charge in [0, 0.05) is 31.3 Å². The number of hydrogen-bond donors (Lipinski definition) is 2. The standard InChI is InChI=1S/C14H17N3O3S/c18-7-3-8-21-9-5-15-13(19)11-10-16-12-4-1-2-6-17(12)14(11)20/h1-2,4,6,10,18H,3,5,7-9H2,(H,15,19). The van der Waals surface area contributed by atoms with Crippen LogP contribution in [-0.4, -0.2) is 45.1 Å². The van der Waals surface area contributed by atoms with Gasteiger partial charge in [0.2, 0.25) is 0 Å². The Balaban J connectivity index is 1.97. The quantitative estimate of drug-likeness (QED) is 0.730. The number of nitrogens with one attached hydrogen (secondary N) is 1. The molecule has 0 unspecified atom stereocenters. The van der Waals surface area contributed by atoms with E-state index in [-0.39, 0.29) is 17.7 Å². The van der Waals surface area contributed by atoms with Crippen LogP contribution in [0, 0.1) is 0 Å². The van der Waals surface area contributed by atoms with Crippen molar-refractivity contribution in [3.8, 4) is 0 Å². The maximum Gasteiger partial charge on any atom is 0.270 e. The molecule has 0 aliphatic carbocycles. The normalized spacial score (nSPS) is 10.7. The zero-order chi connectivity index (χ0) is 15.1. The Morgan fingerprint density at radius 3 is 3.05 bits per heavy atom. The number of aliphatic hydroxyl groups is 1. The van der Waals surface area contributed by atoms with Gasteiger partial charge in [-0.05, 0) is 24.3 Å². The van der Waals surface area contributed by atoms with Gasteiger partial charge in [-0.15, -0.1) is 0 Å². The fourth-order valence-electron chi connectivity index (χ4n) is 1.78. The van der Waals surface area contributed by atoms with Gasteiger partial charge in [-0.2, -0.15) is 11.8 Å². The van der Waals surface area contributed by atoms with Gasteiger partial charge >= 0.3 is 0 Å². The molecule has 0 aliphatic rings. The first-order chi connectivity index (χ1) is 10.2. The van der Waals surface area contributed by atoms with Crippen LogP contribution in [-0.2, 0) is 0 Å². The number of fused-ring (bicyclic) bond motifs is 1. The van der Waals surface area contributed by atoms with Crippen molar-refractivity contribution < 1.29 is 9.90 Å². The third-order valence-electron chi connectivity index (χ3n) is 2.84. The molecule has 0 bridgehead atoms. The minimum atomic E-state index is -0.409. The average molecular weight is 307 g/mol. The molecule has 7 heteroatoms. The lowest BCUT2D eigenvalue weighted by molar-refractivity contribution is 0.0954. The van der Waals surface area contributed by atoms with Gasteiger partial charge in [0.05, 0.1) is 0 Å². The fraction of sp³-hybridized carbons (Fsp3) is 0.357. The molecule has 0 atom stereocenters. The summed E-state index contributed by atoms with van der Waals surface area (Å²) in [7, 11) is 0. The SMILES string of the molecule is O=C(NCCSCCCO)c1cnc2ccccn2c1=O. The average Bonchev–Trinajstić information content (AvgIpc) is 2.51. The van der Waals surface area contributed by atoms with Crippen molar-refractivity contribution in [3.63, 3.8) is 0 Å². The summed E-state index contributed by atoms with van der Waals surface area (Å²) < 4.78 is 1.35. The highest BCUT2D eigenvalue weighted by molar-refractivity contribution is 7.99. The minimum absolute atomic E-state index is 0.0408. The number of thioether (sulfide) groups is 1. The second-order valence-corrected chi connectivity index (χ2v) is 5.58. The summed E-state index contributed by atoms with van der Waals surface area (Å²) in [5.74, 6) is 1.19. The van der Waals surface area contributed by atoms with Crippen LogP contribution >= 0.6 is 11.8 Å². The predicted octanol–water partition coefficient (Wildman–Crippen LogP) is 0.540. The summed E-state index contributed by atoms with van der Waals surface area (Å²) in [6.07, 6.45) is 3.65. The number of nitrogens with zero attached hydrogens (tertiary/aromatic N) is 2. The lowest BCUT2D eigenvalue weighted by Crippen LogP contribution is -2.32. The number of aromatic nitrogens is 2. The van der Waals surface area contributed by atoms with Crippen molar-refractivity contribution in [1.82, 2.24) is 14.7 Å². The first-order valence-corrected chi connectivity index (χ1v) is 7.82. The van der Waals surface area contributed by atoms with Crippen LogP contribution in [0.3, 0.4) is 0 Å². The van der Waals surface area contributed by atoms with Gasteiger partial charge in [-0.25, -0.2) is 4.98 Å². The molecule has 0 spiro atoms. The number of rotatable bonds is 7. The van der Waals surface area contributed by atoms with E-state index < -0.39 is 5.91 Å². The largest absolute Gasteiger partial charge is 0.396 e. The van der Waals surface area contributed by atoms with Crippen molar-refractivity contribution in [2.75, 3.05) is 24.7 Å². The molecule has 2 heterocycles. The Morgan fingerprint density at radius 1 is 1.38 bits per heavy atom. The van der Waals surface area contributed by atoms with E-state index in [1.165, 1.54) is 10.6 Å². The van der Waals surface area contributed by atoms with Crippen molar-refractivity contribution >= 4 is 23.3 Å². The molecular formula is C14H17N3O3S. The van der Waals surface area contributed by atoms with Crippen LogP contribution in [0.15, 0.2) is 35.4 Å². The summed E-state index contributed by atoms with van der Waals surface area (Å²) in [4.78, 5) is 28.3. The highest BCUT2D eigenvalue weighted by atomic mass is 32.2. The second-order valence-electron chi connectivity index (χ2n) is 4.35. The molecule has 1 amide bonds. The molecule has 0 radical (unpaired) electrons. The Bertz CT molecular complexity index is 672. The van der Waals surface area contributed by atoms with E-state index in [0.29, 0.717) is 12.2 Å². The van der Waals surface area contributed by atoms with Gasteiger partial charge < -0.3 is 10.4 Å². The van der Waals surface area contributed by atoms with Crippen molar-refractivity contribution in [1.29, 1.82) is 0 Å². The van der Waals surface area contributed by atoms with Crippen molar-refractivity contribution in [3.05, 3.63) is 46.5 Å². The van der Waals surface area contributed by atoms with E-state index in [0.717, 1.165) is 17.9 Å². The Kier molecular flexibility index (Phi) is 5.77. The molecule has 0 aliphatic heterocycles. The number of pyridine rings is 1. The van der Waals surface area contributed by atoms with Crippen LogP contribution in [0.2, 0.25) is 0 Å². The molecular weight excluding hydrogens is 290 g/mol. The van der Waals surface area contributed by atoms with Gasteiger partial charge in [0.15, 0.2) is 0 Å². The number of hydrogen-bond acceptors (Lipinski definition) is 5. The van der Waals surface area contributed by atoms with E-state index in [9.17, 15) is 9.59 Å². The molecule has 21 heavy (non-hydrogen) atoms. The molecule has 112 valence electrons. The lowest BCUT2D eigenvalue weighted by Gasteiger charge is -2.06. The molecule has 6 nitrogen and oxygen atoms in total. The minimum Gasteiger partial charge on any atom is -0.396 e. The van der Waals surface area contributed by atoms with E-state index in [1.807, 2.05) is 0 Å². The van der Waals surface area contributed by atoms with Gasteiger partial charge in [-0.3, -0.25) is 14.0 Å². The summed E-state index contributed by atoms with van der Waals surface area (Å²) in [5.41, 5.74) is 0.184. The fourth-order valence-corrected chi connectivity index (χ4v) is 2.57. The molecule has 0 aromatic carbocycles. The number of aliphatic hydroxyl groups excluding tert-OH is 1. The Hall–Kier alpha value is -1.86. The summed E-state index contributed by atoms with van der Waals surface area (Å²) in [6, 6.07) is 5.21. The van der Waals surface area contributed by atoms with E-state index in [1.54, 1.807) is 36.2 Å². The summed E-state index contributed by atoms with van der Waals surface area (Å²) >= 11 is 1.65. The van der Waals surface area contributed by atoms with Crippen molar-refractivity contribution in [2.45, 2.75) is 6.42 Å². The zero-order valence-corrected chi connectivity index (χ0v) is 12.3. The lowest BCUT2D eigenvalue weighted by atomic mass is 10.3. The highest BCUT2D eigenvalue weighted by Gasteiger charge is 2.12. The summed E-state index contributed by atoms with van der Waals surface area (Å²) in [6.45, 7) is 0.657. The van der Waals surface area contributed by atoms with Crippen LogP contribution in [0.5, 0.6) is 0 Å². The molecule has 2 N–H and O–H groups in total. The Morgan fingerprint density at radius 2 is 2.24 bits per heavy atom. The molecule has 2 aromatic heterocycles. The molecule has 0 saturated carbocycles. The highest BCUT2D eigenvalue weighted by Crippen LogP contribution is 2.01. The number of carbonyl (C=O) groups excluding carboxylic acids is 1. The van der Waals surface area contributed by atoms with E-state index in [2.05, 4.69) is 10.3 Å². The predicted molar refractivity (Wildman–Crippen MR) is 82.8 cm³/mol. The first-order valence-electron chi connectivity index (χ1n) is 6.67. The molecule has 0 fully saturated rings. The van der Waals surface area contributed by atoms with Gasteiger partial charge in [0.25, 0.3) is 11.5 Å². The molecule has 2 aromatic rings. The van der Waals surface area contributed by atoms with E-state index in [4.69, 9.17) is 5.11 Å². The van der Waals surface area contributed by atoms with Gasteiger partial charge in [0.1, 0.15) is 11.2 Å². The second kappa shape index (κ2) is 7.80. The van der Waals surface area contributed by atoms with Crippen LogP contribution < -0.4 is 10.9 Å². The summed E-state index contributed by atoms with van der Waals surface area (Å²) in [5, 5.41) is 11.4. The van der Waals surface area contributed by atoms with Crippen LogP contribution in [0.1, 0.15) is 16.8 Å². The van der Waals surface area contributed by atoms with E-state index >= 15 is 0 Å². The number of amides is 1. The zero-order valence-electron chi connectivity index (χ0n) is 11.5. The third kappa shape index (κ3) is 4.05. The monoisotopic (exact) mass is 307 g/mol.